The lowest BCUT2D eigenvalue weighted by molar-refractivity contribution is -0.117. The second-order valence-electron chi connectivity index (χ2n) is 4.53. The molecule has 0 fully saturated rings. The summed E-state index contributed by atoms with van der Waals surface area (Å²) in [6.45, 7) is 1.58. The summed E-state index contributed by atoms with van der Waals surface area (Å²) in [6.07, 6.45) is 1.52. The van der Waals surface area contributed by atoms with Crippen LogP contribution < -0.4 is 21.3 Å². The van der Waals surface area contributed by atoms with E-state index >= 15 is 0 Å². The minimum Gasteiger partial charge on any atom is -0.497 e. The molecule has 0 aliphatic rings. The van der Waals surface area contributed by atoms with Crippen molar-refractivity contribution in [2.24, 2.45) is 0 Å². The average molecular weight is 288 g/mol. The van der Waals surface area contributed by atoms with Gasteiger partial charge >= 0.3 is 0 Å². The number of nitrogens with two attached hydrogens (primary N) is 1. The van der Waals surface area contributed by atoms with Crippen molar-refractivity contribution in [2.45, 2.75) is 13.5 Å². The first-order valence-corrected chi connectivity index (χ1v) is 6.26. The molecule has 2 rings (SSSR count). The molecule has 0 unspecified atom stereocenters. The number of hydrogen-bond acceptors (Lipinski definition) is 5. The zero-order valence-corrected chi connectivity index (χ0v) is 11.8. The van der Waals surface area contributed by atoms with Crippen LogP contribution in [0.1, 0.15) is 5.56 Å². The van der Waals surface area contributed by atoms with Gasteiger partial charge in [0.15, 0.2) is 0 Å². The molecule has 1 heterocycles. The molecule has 0 saturated carbocycles. The van der Waals surface area contributed by atoms with Crippen LogP contribution in [0.2, 0.25) is 0 Å². The third-order valence-electron chi connectivity index (χ3n) is 2.83. The lowest BCUT2D eigenvalue weighted by atomic mass is 10.2. The predicted molar refractivity (Wildman–Crippen MR) is 79.3 cm³/mol. The molecule has 7 heteroatoms. The van der Waals surface area contributed by atoms with Crippen molar-refractivity contribution in [3.8, 4) is 5.75 Å². The Morgan fingerprint density at radius 3 is 2.81 bits per heavy atom. The van der Waals surface area contributed by atoms with E-state index in [1.54, 1.807) is 25.1 Å². The van der Waals surface area contributed by atoms with E-state index in [1.807, 2.05) is 0 Å². The molecule has 0 aliphatic carbocycles. The van der Waals surface area contributed by atoms with E-state index < -0.39 is 0 Å². The van der Waals surface area contributed by atoms with Crippen molar-refractivity contribution in [2.75, 3.05) is 18.2 Å². The summed E-state index contributed by atoms with van der Waals surface area (Å²) in [5.74, 6) is 0.215. The molecule has 0 radical (unpaired) electrons. The van der Waals surface area contributed by atoms with E-state index in [0.717, 1.165) is 10.2 Å². The van der Waals surface area contributed by atoms with Gasteiger partial charge in [-0.25, -0.2) is 4.68 Å². The molecule has 0 bridgehead atoms. The number of carbonyl (C=O) groups excluding carboxylic acids is 1. The first kappa shape index (κ1) is 14.6. The summed E-state index contributed by atoms with van der Waals surface area (Å²) in [6, 6.07) is 6.34. The lowest BCUT2D eigenvalue weighted by Crippen LogP contribution is -2.29. The number of benzene rings is 1. The monoisotopic (exact) mass is 288 g/mol. The lowest BCUT2D eigenvalue weighted by Gasteiger charge is -2.10. The maximum Gasteiger partial charge on any atom is 0.267 e. The molecule has 0 atom stereocenters. The summed E-state index contributed by atoms with van der Waals surface area (Å²) in [5, 5.41) is 6.53. The summed E-state index contributed by atoms with van der Waals surface area (Å²) in [7, 11) is 1.53. The molecule has 3 N–H and O–H groups in total. The van der Waals surface area contributed by atoms with Crippen molar-refractivity contribution >= 4 is 17.3 Å². The van der Waals surface area contributed by atoms with Gasteiger partial charge in [-0.3, -0.25) is 9.59 Å². The highest BCUT2D eigenvalue weighted by Crippen LogP contribution is 2.23. The number of rotatable bonds is 4. The Hall–Kier alpha value is -2.83. The summed E-state index contributed by atoms with van der Waals surface area (Å²) in [5.41, 5.74) is 7.07. The standard InChI is InChI=1S/C14H16N4O3/c1-9-5-14(20)18(16-7-9)8-13(19)17-12-4-3-10(21-2)6-11(12)15/h3-7H,8,15H2,1-2H3,(H,17,19). The van der Waals surface area contributed by atoms with Crippen LogP contribution in [0.5, 0.6) is 5.75 Å². The zero-order chi connectivity index (χ0) is 15.4. The van der Waals surface area contributed by atoms with Crippen molar-refractivity contribution in [3.63, 3.8) is 0 Å². The molecular formula is C14H16N4O3. The van der Waals surface area contributed by atoms with E-state index in [4.69, 9.17) is 10.5 Å². The van der Waals surface area contributed by atoms with Gasteiger partial charge in [-0.1, -0.05) is 0 Å². The number of anilines is 2. The fourth-order valence-corrected chi connectivity index (χ4v) is 1.75. The molecule has 2 aromatic rings. The van der Waals surface area contributed by atoms with Crippen molar-refractivity contribution in [3.05, 3.63) is 46.4 Å². The van der Waals surface area contributed by atoms with Gasteiger partial charge in [-0.2, -0.15) is 5.10 Å². The average Bonchev–Trinajstić information content (AvgIpc) is 2.44. The molecule has 1 aromatic carbocycles. The quantitative estimate of drug-likeness (QED) is 0.810. The van der Waals surface area contributed by atoms with Crippen LogP contribution in [-0.4, -0.2) is 22.8 Å². The number of methoxy groups -OCH3 is 1. The van der Waals surface area contributed by atoms with Gasteiger partial charge in [-0.15, -0.1) is 0 Å². The number of nitrogen functional groups attached to an aromatic ring is 1. The van der Waals surface area contributed by atoms with E-state index in [1.165, 1.54) is 19.4 Å². The third-order valence-corrected chi connectivity index (χ3v) is 2.83. The maximum atomic E-state index is 11.9. The van der Waals surface area contributed by atoms with E-state index in [2.05, 4.69) is 10.4 Å². The number of nitrogens with zero attached hydrogens (tertiary/aromatic N) is 2. The number of aromatic nitrogens is 2. The molecule has 7 nitrogen and oxygen atoms in total. The zero-order valence-electron chi connectivity index (χ0n) is 11.8. The van der Waals surface area contributed by atoms with Crippen LogP contribution in [-0.2, 0) is 11.3 Å². The Labute approximate surface area is 121 Å². The van der Waals surface area contributed by atoms with Crippen LogP contribution in [0.25, 0.3) is 0 Å². The first-order valence-electron chi connectivity index (χ1n) is 6.26. The smallest absolute Gasteiger partial charge is 0.267 e. The Morgan fingerprint density at radius 1 is 1.43 bits per heavy atom. The number of carbonyl (C=O) groups is 1. The van der Waals surface area contributed by atoms with Gasteiger partial charge in [0, 0.05) is 12.1 Å². The van der Waals surface area contributed by atoms with E-state index in [-0.39, 0.29) is 18.0 Å². The van der Waals surface area contributed by atoms with Crippen LogP contribution in [0.3, 0.4) is 0 Å². The molecule has 21 heavy (non-hydrogen) atoms. The van der Waals surface area contributed by atoms with Gasteiger partial charge in [0.2, 0.25) is 5.91 Å². The van der Waals surface area contributed by atoms with Crippen LogP contribution in [0.15, 0.2) is 35.3 Å². The second-order valence-corrected chi connectivity index (χ2v) is 4.53. The van der Waals surface area contributed by atoms with Gasteiger partial charge in [0.25, 0.3) is 5.56 Å². The van der Waals surface area contributed by atoms with Crippen LogP contribution in [0.4, 0.5) is 11.4 Å². The summed E-state index contributed by atoms with van der Waals surface area (Å²) in [4.78, 5) is 23.6. The topological polar surface area (TPSA) is 99.2 Å². The van der Waals surface area contributed by atoms with Gasteiger partial charge in [0.05, 0.1) is 24.7 Å². The molecule has 1 aromatic heterocycles. The molecule has 0 aliphatic heterocycles. The first-order chi connectivity index (χ1) is 9.99. The number of ether oxygens (including phenoxy) is 1. The highest BCUT2D eigenvalue weighted by molar-refractivity contribution is 5.93. The van der Waals surface area contributed by atoms with E-state index in [9.17, 15) is 9.59 Å². The second kappa shape index (κ2) is 6.08. The van der Waals surface area contributed by atoms with Crippen molar-refractivity contribution in [1.82, 2.24) is 9.78 Å². The van der Waals surface area contributed by atoms with Gasteiger partial charge < -0.3 is 15.8 Å². The Bertz CT molecular complexity index is 724. The molecule has 0 spiro atoms. The molecular weight excluding hydrogens is 272 g/mol. The summed E-state index contributed by atoms with van der Waals surface area (Å²) >= 11 is 0. The molecule has 110 valence electrons. The highest BCUT2D eigenvalue weighted by atomic mass is 16.5. The van der Waals surface area contributed by atoms with Crippen LogP contribution >= 0.6 is 0 Å². The largest absolute Gasteiger partial charge is 0.497 e. The van der Waals surface area contributed by atoms with Crippen LogP contribution in [0, 0.1) is 6.92 Å². The molecule has 1 amide bonds. The fraction of sp³-hybridized carbons (Fsp3) is 0.214. The highest BCUT2D eigenvalue weighted by Gasteiger charge is 2.08. The van der Waals surface area contributed by atoms with E-state index in [0.29, 0.717) is 17.1 Å². The third kappa shape index (κ3) is 3.59. The minimum absolute atomic E-state index is 0.176. The Kier molecular flexibility index (Phi) is 4.22. The number of nitrogens with one attached hydrogen (secondary N) is 1. The fourth-order valence-electron chi connectivity index (χ4n) is 1.75. The number of amides is 1. The Morgan fingerprint density at radius 2 is 2.19 bits per heavy atom. The summed E-state index contributed by atoms with van der Waals surface area (Å²) < 4.78 is 6.11. The normalized spacial score (nSPS) is 10.2. The predicted octanol–water partition coefficient (Wildman–Crippen LogP) is 0.781. The number of hydrogen-bond donors (Lipinski definition) is 2. The Balaban J connectivity index is 2.10. The minimum atomic E-state index is -0.384. The van der Waals surface area contributed by atoms with Crippen molar-refractivity contribution in [1.29, 1.82) is 0 Å². The SMILES string of the molecule is COc1ccc(NC(=O)Cn2ncc(C)cc2=O)c(N)c1. The maximum absolute atomic E-state index is 11.9. The van der Waals surface area contributed by atoms with Gasteiger partial charge in [0.1, 0.15) is 12.3 Å². The molecule has 0 saturated heterocycles. The van der Waals surface area contributed by atoms with Crippen molar-refractivity contribution < 1.29 is 9.53 Å². The van der Waals surface area contributed by atoms with Gasteiger partial charge in [-0.05, 0) is 24.6 Å². The number of aryl methyl sites for hydroxylation is 1.